The second kappa shape index (κ2) is 4.57. The van der Waals surface area contributed by atoms with Gasteiger partial charge in [0.2, 0.25) is 0 Å². The number of aromatic nitrogens is 3. The number of anilines is 1. The minimum Gasteiger partial charge on any atom is -0.399 e. The van der Waals surface area contributed by atoms with Crippen molar-refractivity contribution in [2.24, 2.45) is 0 Å². The lowest BCUT2D eigenvalue weighted by atomic mass is 10.1. The quantitative estimate of drug-likeness (QED) is 0.821. The lowest BCUT2D eigenvalue weighted by Crippen LogP contribution is -2.06. The zero-order chi connectivity index (χ0) is 12.4. The van der Waals surface area contributed by atoms with Crippen LogP contribution in [0.25, 0.3) is 0 Å². The second-order valence-corrected chi connectivity index (χ2v) is 4.28. The first-order chi connectivity index (χ1) is 8.10. The van der Waals surface area contributed by atoms with Gasteiger partial charge in [-0.1, -0.05) is 19.1 Å². The van der Waals surface area contributed by atoms with Crippen LogP contribution in [0, 0.1) is 13.8 Å². The fourth-order valence-electron chi connectivity index (χ4n) is 1.90. The third kappa shape index (κ3) is 2.46. The van der Waals surface area contributed by atoms with E-state index in [9.17, 15) is 0 Å². The molecule has 0 bridgehead atoms. The van der Waals surface area contributed by atoms with Crippen molar-refractivity contribution in [3.05, 3.63) is 41.0 Å². The highest BCUT2D eigenvalue weighted by Gasteiger charge is 2.06. The maximum absolute atomic E-state index is 5.81. The van der Waals surface area contributed by atoms with Crippen LogP contribution < -0.4 is 5.73 Å². The van der Waals surface area contributed by atoms with E-state index in [2.05, 4.69) is 23.1 Å². The largest absolute Gasteiger partial charge is 0.399 e. The van der Waals surface area contributed by atoms with Gasteiger partial charge in [0, 0.05) is 12.1 Å². The Labute approximate surface area is 101 Å². The third-order valence-electron chi connectivity index (χ3n) is 2.84. The summed E-state index contributed by atoms with van der Waals surface area (Å²) in [6.07, 6.45) is 0.898. The Morgan fingerprint density at radius 2 is 2.06 bits per heavy atom. The number of hydrogen-bond acceptors (Lipinski definition) is 3. The van der Waals surface area contributed by atoms with E-state index >= 15 is 0 Å². The molecular weight excluding hydrogens is 212 g/mol. The average Bonchev–Trinajstić information content (AvgIpc) is 2.64. The van der Waals surface area contributed by atoms with Gasteiger partial charge in [0.25, 0.3) is 0 Å². The molecule has 0 aliphatic carbocycles. The van der Waals surface area contributed by atoms with Gasteiger partial charge < -0.3 is 5.73 Å². The van der Waals surface area contributed by atoms with Gasteiger partial charge in [0.1, 0.15) is 11.6 Å². The van der Waals surface area contributed by atoms with E-state index in [1.54, 1.807) is 0 Å². The van der Waals surface area contributed by atoms with Crippen LogP contribution in [0.2, 0.25) is 0 Å². The molecule has 1 aromatic carbocycles. The van der Waals surface area contributed by atoms with Crippen molar-refractivity contribution in [1.82, 2.24) is 14.8 Å². The van der Waals surface area contributed by atoms with Crippen molar-refractivity contribution in [2.45, 2.75) is 33.7 Å². The fraction of sp³-hybridized carbons (Fsp3) is 0.385. The predicted octanol–water partition coefficient (Wildman–Crippen LogP) is 2.09. The number of nitrogens with zero attached hydrogens (tertiary/aromatic N) is 3. The van der Waals surface area contributed by atoms with Crippen LogP contribution in [0.4, 0.5) is 5.69 Å². The van der Waals surface area contributed by atoms with Gasteiger partial charge >= 0.3 is 0 Å². The van der Waals surface area contributed by atoms with Crippen LogP contribution in [0.1, 0.15) is 29.7 Å². The average molecular weight is 230 g/mol. The molecule has 2 N–H and O–H groups in total. The Hall–Kier alpha value is -1.84. The van der Waals surface area contributed by atoms with Crippen LogP contribution in [-0.4, -0.2) is 14.8 Å². The third-order valence-corrected chi connectivity index (χ3v) is 2.84. The smallest absolute Gasteiger partial charge is 0.147 e. The standard InChI is InChI=1S/C13H18N4/c1-4-13-15-10(3)16-17(13)8-11-5-6-12(14)9(2)7-11/h5-7H,4,8,14H2,1-3H3. The monoisotopic (exact) mass is 230 g/mol. The molecule has 2 aromatic rings. The summed E-state index contributed by atoms with van der Waals surface area (Å²) in [6, 6.07) is 6.09. The highest BCUT2D eigenvalue weighted by Crippen LogP contribution is 2.14. The minimum absolute atomic E-state index is 0.755. The molecule has 0 spiro atoms. The Morgan fingerprint density at radius 3 is 2.71 bits per heavy atom. The number of hydrogen-bond donors (Lipinski definition) is 1. The molecule has 17 heavy (non-hydrogen) atoms. The Bertz CT molecular complexity index is 528. The molecular formula is C13H18N4. The number of aryl methyl sites for hydroxylation is 3. The molecule has 90 valence electrons. The Balaban J connectivity index is 2.27. The Kier molecular flexibility index (Phi) is 3.13. The zero-order valence-corrected chi connectivity index (χ0v) is 10.6. The molecule has 0 aliphatic rings. The summed E-state index contributed by atoms with van der Waals surface area (Å²) < 4.78 is 1.96. The van der Waals surface area contributed by atoms with Crippen LogP contribution in [0.5, 0.6) is 0 Å². The number of benzene rings is 1. The van der Waals surface area contributed by atoms with Crippen LogP contribution >= 0.6 is 0 Å². The summed E-state index contributed by atoms with van der Waals surface area (Å²) in [7, 11) is 0. The fourth-order valence-corrected chi connectivity index (χ4v) is 1.90. The van der Waals surface area contributed by atoms with Gasteiger partial charge in [0.15, 0.2) is 0 Å². The predicted molar refractivity (Wildman–Crippen MR) is 68.8 cm³/mol. The van der Waals surface area contributed by atoms with Crippen LogP contribution in [-0.2, 0) is 13.0 Å². The molecule has 0 atom stereocenters. The van der Waals surface area contributed by atoms with Gasteiger partial charge in [-0.2, -0.15) is 5.10 Å². The zero-order valence-electron chi connectivity index (χ0n) is 10.6. The summed E-state index contributed by atoms with van der Waals surface area (Å²) in [5, 5.41) is 4.40. The molecule has 0 fully saturated rings. The topological polar surface area (TPSA) is 56.7 Å². The lowest BCUT2D eigenvalue weighted by molar-refractivity contribution is 0.639. The number of nitrogen functional groups attached to an aromatic ring is 1. The molecule has 0 amide bonds. The van der Waals surface area contributed by atoms with Crippen LogP contribution in [0.3, 0.4) is 0 Å². The SMILES string of the molecule is CCc1nc(C)nn1Cc1ccc(N)c(C)c1. The van der Waals surface area contributed by atoms with Crippen molar-refractivity contribution in [2.75, 3.05) is 5.73 Å². The summed E-state index contributed by atoms with van der Waals surface area (Å²) >= 11 is 0. The molecule has 0 radical (unpaired) electrons. The first kappa shape index (κ1) is 11.6. The van der Waals surface area contributed by atoms with E-state index in [0.717, 1.165) is 35.9 Å². The van der Waals surface area contributed by atoms with Gasteiger partial charge in [-0.15, -0.1) is 0 Å². The van der Waals surface area contributed by atoms with Gasteiger partial charge in [0.05, 0.1) is 6.54 Å². The molecule has 0 saturated carbocycles. The molecule has 4 heteroatoms. The highest BCUT2D eigenvalue weighted by atomic mass is 15.3. The van der Waals surface area contributed by atoms with Crippen molar-refractivity contribution in [1.29, 1.82) is 0 Å². The molecule has 0 saturated heterocycles. The molecule has 1 heterocycles. The second-order valence-electron chi connectivity index (χ2n) is 4.28. The van der Waals surface area contributed by atoms with E-state index in [0.29, 0.717) is 0 Å². The highest BCUT2D eigenvalue weighted by molar-refractivity contribution is 5.47. The van der Waals surface area contributed by atoms with E-state index in [4.69, 9.17) is 5.73 Å². The van der Waals surface area contributed by atoms with E-state index in [1.807, 2.05) is 30.7 Å². The van der Waals surface area contributed by atoms with Crippen molar-refractivity contribution in [3.63, 3.8) is 0 Å². The molecule has 1 aromatic heterocycles. The van der Waals surface area contributed by atoms with Crippen LogP contribution in [0.15, 0.2) is 18.2 Å². The first-order valence-electron chi connectivity index (χ1n) is 5.85. The van der Waals surface area contributed by atoms with E-state index < -0.39 is 0 Å². The van der Waals surface area contributed by atoms with Crippen molar-refractivity contribution in [3.8, 4) is 0 Å². The van der Waals surface area contributed by atoms with Gasteiger partial charge in [-0.05, 0) is 31.0 Å². The minimum atomic E-state index is 0.755. The van der Waals surface area contributed by atoms with Gasteiger partial charge in [-0.3, -0.25) is 0 Å². The van der Waals surface area contributed by atoms with Crippen molar-refractivity contribution < 1.29 is 0 Å². The van der Waals surface area contributed by atoms with Gasteiger partial charge in [-0.25, -0.2) is 9.67 Å². The Morgan fingerprint density at radius 1 is 1.29 bits per heavy atom. The van der Waals surface area contributed by atoms with Crippen molar-refractivity contribution >= 4 is 5.69 Å². The lowest BCUT2D eigenvalue weighted by Gasteiger charge is -2.07. The van der Waals surface area contributed by atoms with E-state index in [1.165, 1.54) is 5.56 Å². The maximum Gasteiger partial charge on any atom is 0.147 e. The normalized spacial score (nSPS) is 10.8. The summed E-state index contributed by atoms with van der Waals surface area (Å²) in [6.45, 7) is 6.79. The molecule has 0 aliphatic heterocycles. The van der Waals surface area contributed by atoms with E-state index in [-0.39, 0.29) is 0 Å². The molecule has 4 nitrogen and oxygen atoms in total. The summed E-state index contributed by atoms with van der Waals surface area (Å²) in [5.74, 6) is 1.85. The summed E-state index contributed by atoms with van der Waals surface area (Å²) in [5.41, 5.74) is 8.95. The molecule has 0 unspecified atom stereocenters. The number of rotatable bonds is 3. The number of nitrogens with two attached hydrogens (primary N) is 1. The molecule has 2 rings (SSSR count). The maximum atomic E-state index is 5.81. The summed E-state index contributed by atoms with van der Waals surface area (Å²) in [4.78, 5) is 4.39. The first-order valence-corrected chi connectivity index (χ1v) is 5.85.